The van der Waals surface area contributed by atoms with Gasteiger partial charge < -0.3 is 14.6 Å². The first-order valence-corrected chi connectivity index (χ1v) is 6.16. The van der Waals surface area contributed by atoms with Crippen LogP contribution in [0, 0.1) is 0 Å². The summed E-state index contributed by atoms with van der Waals surface area (Å²) >= 11 is 0. The SMILES string of the molecule is O=C(O)C=Cc1ccc2c(c1)OC(c1ccccc1)O2. The first kappa shape index (κ1) is 12.3. The van der Waals surface area contributed by atoms with Crippen LogP contribution < -0.4 is 9.47 Å². The van der Waals surface area contributed by atoms with Crippen LogP contribution in [0.3, 0.4) is 0 Å². The highest BCUT2D eigenvalue weighted by Crippen LogP contribution is 2.40. The molecule has 2 aromatic carbocycles. The van der Waals surface area contributed by atoms with Crippen molar-refractivity contribution in [2.75, 3.05) is 0 Å². The van der Waals surface area contributed by atoms with E-state index in [1.54, 1.807) is 18.2 Å². The van der Waals surface area contributed by atoms with Gasteiger partial charge in [-0.15, -0.1) is 0 Å². The second-order valence-electron chi connectivity index (χ2n) is 4.36. The molecular weight excluding hydrogens is 256 g/mol. The molecule has 2 aromatic rings. The van der Waals surface area contributed by atoms with E-state index < -0.39 is 12.3 Å². The Bertz CT molecular complexity index is 661. The summed E-state index contributed by atoms with van der Waals surface area (Å²) in [6, 6.07) is 15.0. The van der Waals surface area contributed by atoms with Crippen molar-refractivity contribution in [3.05, 3.63) is 65.7 Å². The van der Waals surface area contributed by atoms with Gasteiger partial charge in [0.25, 0.3) is 6.29 Å². The van der Waals surface area contributed by atoms with Crippen LogP contribution in [-0.2, 0) is 4.79 Å². The predicted octanol–water partition coefficient (Wildman–Crippen LogP) is 3.25. The van der Waals surface area contributed by atoms with Crippen LogP contribution in [0.5, 0.6) is 11.5 Å². The Hall–Kier alpha value is -2.75. The summed E-state index contributed by atoms with van der Waals surface area (Å²) in [5.74, 6) is 0.294. The van der Waals surface area contributed by atoms with E-state index >= 15 is 0 Å². The van der Waals surface area contributed by atoms with Crippen molar-refractivity contribution < 1.29 is 19.4 Å². The topological polar surface area (TPSA) is 55.8 Å². The van der Waals surface area contributed by atoms with Gasteiger partial charge in [-0.3, -0.25) is 0 Å². The standard InChI is InChI=1S/C16H12O4/c17-15(18)9-7-11-6-8-13-14(10-11)20-16(19-13)12-4-2-1-3-5-12/h1-10,16H,(H,17,18). The Morgan fingerprint density at radius 3 is 2.55 bits per heavy atom. The van der Waals surface area contributed by atoms with Crippen molar-refractivity contribution in [2.24, 2.45) is 0 Å². The molecule has 20 heavy (non-hydrogen) atoms. The Balaban J connectivity index is 1.82. The number of carboxylic acids is 1. The highest BCUT2D eigenvalue weighted by Gasteiger charge is 2.25. The van der Waals surface area contributed by atoms with Gasteiger partial charge in [-0.1, -0.05) is 36.4 Å². The second-order valence-corrected chi connectivity index (χ2v) is 4.36. The van der Waals surface area contributed by atoms with Crippen LogP contribution in [0.1, 0.15) is 17.4 Å². The summed E-state index contributed by atoms with van der Waals surface area (Å²) in [4.78, 5) is 10.5. The molecule has 0 radical (unpaired) electrons. The van der Waals surface area contributed by atoms with Gasteiger partial charge >= 0.3 is 5.97 Å². The molecule has 0 spiro atoms. The molecule has 0 saturated carbocycles. The average molecular weight is 268 g/mol. The number of carboxylic acid groups (broad SMARTS) is 1. The number of benzene rings is 2. The summed E-state index contributed by atoms with van der Waals surface area (Å²) in [6.45, 7) is 0. The molecule has 0 bridgehead atoms. The summed E-state index contributed by atoms with van der Waals surface area (Å²) in [5.41, 5.74) is 1.69. The normalized spacial score (nSPS) is 16.5. The van der Waals surface area contributed by atoms with Crippen molar-refractivity contribution >= 4 is 12.0 Å². The van der Waals surface area contributed by atoms with Gasteiger partial charge in [-0.25, -0.2) is 4.79 Å². The van der Waals surface area contributed by atoms with Gasteiger partial charge in [-0.05, 0) is 23.8 Å². The van der Waals surface area contributed by atoms with Crippen molar-refractivity contribution in [2.45, 2.75) is 6.29 Å². The molecular formula is C16H12O4. The lowest BCUT2D eigenvalue weighted by Crippen LogP contribution is -2.07. The molecule has 1 unspecified atom stereocenters. The maximum absolute atomic E-state index is 10.5. The molecule has 1 heterocycles. The maximum atomic E-state index is 10.5. The number of fused-ring (bicyclic) bond motifs is 1. The predicted molar refractivity (Wildman–Crippen MR) is 73.6 cm³/mol. The Labute approximate surface area is 115 Å². The van der Waals surface area contributed by atoms with Gasteiger partial charge in [0.05, 0.1) is 0 Å². The molecule has 1 aliphatic rings. The van der Waals surface area contributed by atoms with Crippen LogP contribution in [0.2, 0.25) is 0 Å². The fourth-order valence-corrected chi connectivity index (χ4v) is 1.99. The monoisotopic (exact) mass is 268 g/mol. The van der Waals surface area contributed by atoms with E-state index in [1.807, 2.05) is 30.3 Å². The molecule has 0 fully saturated rings. The molecule has 0 saturated heterocycles. The highest BCUT2D eigenvalue weighted by molar-refractivity contribution is 5.85. The molecule has 0 aromatic heterocycles. The number of rotatable bonds is 3. The molecule has 1 atom stereocenters. The first-order valence-electron chi connectivity index (χ1n) is 6.16. The molecule has 4 nitrogen and oxygen atoms in total. The van der Waals surface area contributed by atoms with E-state index in [-0.39, 0.29) is 0 Å². The largest absolute Gasteiger partial charge is 0.478 e. The summed E-state index contributed by atoms with van der Waals surface area (Å²) in [6.07, 6.45) is 2.15. The third kappa shape index (κ3) is 2.49. The number of carbonyl (C=O) groups is 1. The minimum Gasteiger partial charge on any atom is -0.478 e. The zero-order valence-electron chi connectivity index (χ0n) is 10.5. The Kier molecular flexibility index (Phi) is 3.13. The molecule has 0 aliphatic carbocycles. The van der Waals surface area contributed by atoms with Crippen molar-refractivity contribution in [3.63, 3.8) is 0 Å². The van der Waals surface area contributed by atoms with Crippen molar-refractivity contribution in [1.29, 1.82) is 0 Å². The first-order chi connectivity index (χ1) is 9.72. The van der Waals surface area contributed by atoms with Crippen LogP contribution in [0.25, 0.3) is 6.08 Å². The van der Waals surface area contributed by atoms with Gasteiger partial charge in [0.1, 0.15) is 0 Å². The third-order valence-corrected chi connectivity index (χ3v) is 2.93. The zero-order chi connectivity index (χ0) is 13.9. The number of aliphatic carboxylic acids is 1. The van der Waals surface area contributed by atoms with Gasteiger partial charge in [0.2, 0.25) is 0 Å². The molecule has 0 amide bonds. The van der Waals surface area contributed by atoms with E-state index in [1.165, 1.54) is 6.08 Å². The summed E-state index contributed by atoms with van der Waals surface area (Å²) < 4.78 is 11.4. The van der Waals surface area contributed by atoms with Gasteiger partial charge in [-0.2, -0.15) is 0 Å². The minimum absolute atomic E-state index is 0.454. The number of hydrogen-bond donors (Lipinski definition) is 1. The summed E-state index contributed by atoms with van der Waals surface area (Å²) in [5, 5.41) is 8.62. The van der Waals surface area contributed by atoms with E-state index in [9.17, 15) is 4.79 Å². The molecule has 1 aliphatic heterocycles. The molecule has 4 heteroatoms. The van der Waals surface area contributed by atoms with Crippen LogP contribution >= 0.6 is 0 Å². The van der Waals surface area contributed by atoms with Crippen molar-refractivity contribution in [1.82, 2.24) is 0 Å². The zero-order valence-corrected chi connectivity index (χ0v) is 10.5. The quantitative estimate of drug-likeness (QED) is 0.868. The highest BCUT2D eigenvalue weighted by atomic mass is 16.7. The Morgan fingerprint density at radius 2 is 1.80 bits per heavy atom. The fourth-order valence-electron chi connectivity index (χ4n) is 1.99. The van der Waals surface area contributed by atoms with Crippen LogP contribution in [0.15, 0.2) is 54.6 Å². The van der Waals surface area contributed by atoms with Crippen LogP contribution in [0.4, 0.5) is 0 Å². The second kappa shape index (κ2) is 5.09. The van der Waals surface area contributed by atoms with E-state index in [0.717, 1.165) is 17.2 Å². The van der Waals surface area contributed by atoms with Crippen molar-refractivity contribution in [3.8, 4) is 11.5 Å². The Morgan fingerprint density at radius 1 is 1.05 bits per heavy atom. The minimum atomic E-state index is -0.982. The molecule has 1 N–H and O–H groups in total. The lowest BCUT2D eigenvalue weighted by molar-refractivity contribution is -0.131. The van der Waals surface area contributed by atoms with E-state index in [2.05, 4.69) is 0 Å². The van der Waals surface area contributed by atoms with Gasteiger partial charge in [0.15, 0.2) is 11.5 Å². The molecule has 3 rings (SSSR count). The smallest absolute Gasteiger partial charge is 0.328 e. The summed E-state index contributed by atoms with van der Waals surface area (Å²) in [7, 11) is 0. The third-order valence-electron chi connectivity index (χ3n) is 2.93. The van der Waals surface area contributed by atoms with E-state index in [4.69, 9.17) is 14.6 Å². The maximum Gasteiger partial charge on any atom is 0.328 e. The molecule has 100 valence electrons. The number of ether oxygens (including phenoxy) is 2. The number of hydrogen-bond acceptors (Lipinski definition) is 3. The fraction of sp³-hybridized carbons (Fsp3) is 0.0625. The van der Waals surface area contributed by atoms with E-state index in [0.29, 0.717) is 11.5 Å². The average Bonchev–Trinajstić information content (AvgIpc) is 2.89. The lowest BCUT2D eigenvalue weighted by Gasteiger charge is -2.09. The van der Waals surface area contributed by atoms with Crippen LogP contribution in [-0.4, -0.2) is 11.1 Å². The van der Waals surface area contributed by atoms with Gasteiger partial charge in [0, 0.05) is 11.6 Å². The lowest BCUT2D eigenvalue weighted by atomic mass is 10.2.